The molecule has 1 unspecified atom stereocenters. The molecular formula is C14H29N3O. The molecule has 4 nitrogen and oxygen atoms in total. The first kappa shape index (κ1) is 17.4. The Hall–Kier alpha value is -0.630. The minimum atomic E-state index is -0.414. The third-order valence-electron chi connectivity index (χ3n) is 2.93. The highest BCUT2D eigenvalue weighted by atomic mass is 16.5. The van der Waals surface area contributed by atoms with Crippen molar-refractivity contribution in [3.8, 4) is 6.07 Å². The molecule has 1 atom stereocenters. The van der Waals surface area contributed by atoms with Crippen LogP contribution in [0.1, 0.15) is 40.5 Å². The molecule has 18 heavy (non-hydrogen) atoms. The van der Waals surface area contributed by atoms with Gasteiger partial charge in [0.1, 0.15) is 5.54 Å². The molecule has 0 amide bonds. The van der Waals surface area contributed by atoms with Crippen LogP contribution in [-0.2, 0) is 4.74 Å². The Labute approximate surface area is 112 Å². The summed E-state index contributed by atoms with van der Waals surface area (Å²) >= 11 is 0. The number of likely N-dealkylation sites (N-methyl/N-ethyl adjacent to an activating group) is 1. The van der Waals surface area contributed by atoms with Gasteiger partial charge in [0.05, 0.1) is 18.8 Å². The number of nitrogens with one attached hydrogen (secondary N) is 1. The molecule has 0 aliphatic carbocycles. The maximum Gasteiger partial charge on any atom is 0.105 e. The first-order valence-corrected chi connectivity index (χ1v) is 6.90. The quantitative estimate of drug-likeness (QED) is 0.649. The second kappa shape index (κ2) is 9.32. The van der Waals surface area contributed by atoms with Gasteiger partial charge >= 0.3 is 0 Å². The van der Waals surface area contributed by atoms with Gasteiger partial charge in [-0.15, -0.1) is 0 Å². The Morgan fingerprint density at radius 1 is 1.39 bits per heavy atom. The first-order chi connectivity index (χ1) is 8.43. The van der Waals surface area contributed by atoms with E-state index in [1.165, 1.54) is 0 Å². The summed E-state index contributed by atoms with van der Waals surface area (Å²) in [5.74, 6) is 0. The molecule has 0 aliphatic rings. The van der Waals surface area contributed by atoms with Crippen molar-refractivity contribution in [2.75, 3.05) is 33.3 Å². The van der Waals surface area contributed by atoms with E-state index in [1.807, 2.05) is 20.8 Å². The molecule has 0 aliphatic heterocycles. The SMILES string of the molecule is CCCNC(C)(C#N)CCN(C)CCOC(C)C. The van der Waals surface area contributed by atoms with E-state index in [0.29, 0.717) is 0 Å². The molecule has 0 heterocycles. The number of nitrogens with zero attached hydrogens (tertiary/aromatic N) is 2. The molecule has 0 radical (unpaired) electrons. The van der Waals surface area contributed by atoms with Crippen LogP contribution in [0, 0.1) is 11.3 Å². The van der Waals surface area contributed by atoms with Crippen LogP contribution < -0.4 is 5.32 Å². The van der Waals surface area contributed by atoms with Crippen LogP contribution in [0.25, 0.3) is 0 Å². The summed E-state index contributed by atoms with van der Waals surface area (Å²) in [6.45, 7) is 11.6. The van der Waals surface area contributed by atoms with E-state index in [2.05, 4.69) is 30.3 Å². The van der Waals surface area contributed by atoms with Gasteiger partial charge in [0.15, 0.2) is 0 Å². The van der Waals surface area contributed by atoms with Crippen molar-refractivity contribution in [3.63, 3.8) is 0 Å². The van der Waals surface area contributed by atoms with Crippen LogP contribution >= 0.6 is 0 Å². The van der Waals surface area contributed by atoms with Gasteiger partial charge < -0.3 is 9.64 Å². The lowest BCUT2D eigenvalue weighted by atomic mass is 9.99. The van der Waals surface area contributed by atoms with Gasteiger partial charge in [-0.1, -0.05) is 6.92 Å². The molecule has 1 N–H and O–H groups in total. The molecule has 0 rings (SSSR count). The lowest BCUT2D eigenvalue weighted by molar-refractivity contribution is 0.0628. The third-order valence-corrected chi connectivity index (χ3v) is 2.93. The topological polar surface area (TPSA) is 48.3 Å². The normalized spacial score (nSPS) is 14.8. The van der Waals surface area contributed by atoms with Crippen molar-refractivity contribution in [1.82, 2.24) is 10.2 Å². The van der Waals surface area contributed by atoms with Crippen molar-refractivity contribution in [1.29, 1.82) is 5.26 Å². The number of rotatable bonds is 10. The van der Waals surface area contributed by atoms with E-state index >= 15 is 0 Å². The highest BCUT2D eigenvalue weighted by Crippen LogP contribution is 2.09. The average Bonchev–Trinajstić information content (AvgIpc) is 2.33. The van der Waals surface area contributed by atoms with Crippen LogP contribution in [0.5, 0.6) is 0 Å². The summed E-state index contributed by atoms with van der Waals surface area (Å²) in [5.41, 5.74) is -0.414. The maximum absolute atomic E-state index is 9.22. The second-order valence-electron chi connectivity index (χ2n) is 5.34. The Morgan fingerprint density at radius 3 is 2.56 bits per heavy atom. The van der Waals surface area contributed by atoms with Gasteiger partial charge in [0.2, 0.25) is 0 Å². The van der Waals surface area contributed by atoms with Gasteiger partial charge in [-0.2, -0.15) is 5.26 Å². The van der Waals surface area contributed by atoms with Gasteiger partial charge in [0.25, 0.3) is 0 Å². The number of nitriles is 1. The molecule has 4 heteroatoms. The smallest absolute Gasteiger partial charge is 0.105 e. The second-order valence-corrected chi connectivity index (χ2v) is 5.34. The van der Waals surface area contributed by atoms with Crippen LogP contribution in [0.2, 0.25) is 0 Å². The lowest BCUT2D eigenvalue weighted by Gasteiger charge is -2.26. The fourth-order valence-electron chi connectivity index (χ4n) is 1.56. The molecule has 0 saturated heterocycles. The zero-order chi connectivity index (χ0) is 14.0. The van der Waals surface area contributed by atoms with E-state index in [4.69, 9.17) is 4.74 Å². The van der Waals surface area contributed by atoms with Crippen molar-refractivity contribution in [3.05, 3.63) is 0 Å². The third kappa shape index (κ3) is 8.46. The summed E-state index contributed by atoms with van der Waals surface area (Å²) in [6, 6.07) is 2.37. The molecule has 0 saturated carbocycles. The number of hydrogen-bond donors (Lipinski definition) is 1. The van der Waals surface area contributed by atoms with Crippen LogP contribution in [0.4, 0.5) is 0 Å². The Kier molecular flexibility index (Phi) is 8.99. The van der Waals surface area contributed by atoms with E-state index in [-0.39, 0.29) is 6.10 Å². The Morgan fingerprint density at radius 2 is 2.06 bits per heavy atom. The van der Waals surface area contributed by atoms with E-state index in [9.17, 15) is 5.26 Å². The van der Waals surface area contributed by atoms with Crippen LogP contribution in [0.3, 0.4) is 0 Å². The zero-order valence-corrected chi connectivity index (χ0v) is 12.6. The standard InChI is InChI=1S/C14H29N3O/c1-6-8-16-14(4,12-15)7-9-17(5)10-11-18-13(2)3/h13,16H,6-11H2,1-5H3. The monoisotopic (exact) mass is 255 g/mol. The first-order valence-electron chi connectivity index (χ1n) is 6.90. The van der Waals surface area contributed by atoms with Gasteiger partial charge in [0, 0.05) is 13.1 Å². The largest absolute Gasteiger partial charge is 0.377 e. The van der Waals surface area contributed by atoms with Crippen LogP contribution in [0.15, 0.2) is 0 Å². The minimum Gasteiger partial charge on any atom is -0.377 e. The highest BCUT2D eigenvalue weighted by molar-refractivity contribution is 5.03. The molecular weight excluding hydrogens is 226 g/mol. The van der Waals surface area contributed by atoms with Crippen molar-refractivity contribution < 1.29 is 4.74 Å². The fourth-order valence-corrected chi connectivity index (χ4v) is 1.56. The van der Waals surface area contributed by atoms with E-state index in [0.717, 1.165) is 39.1 Å². The van der Waals surface area contributed by atoms with E-state index in [1.54, 1.807) is 0 Å². The number of hydrogen-bond acceptors (Lipinski definition) is 4. The minimum absolute atomic E-state index is 0.286. The van der Waals surface area contributed by atoms with E-state index < -0.39 is 5.54 Å². The van der Waals surface area contributed by atoms with Crippen molar-refractivity contribution >= 4 is 0 Å². The summed E-state index contributed by atoms with van der Waals surface area (Å²) < 4.78 is 5.51. The lowest BCUT2D eigenvalue weighted by Crippen LogP contribution is -2.44. The molecule has 106 valence electrons. The highest BCUT2D eigenvalue weighted by Gasteiger charge is 2.22. The molecule has 0 bridgehead atoms. The van der Waals surface area contributed by atoms with Gasteiger partial charge in [-0.3, -0.25) is 5.32 Å². The average molecular weight is 255 g/mol. The molecule has 0 aromatic heterocycles. The van der Waals surface area contributed by atoms with Crippen molar-refractivity contribution in [2.45, 2.75) is 52.2 Å². The predicted molar refractivity (Wildman–Crippen MR) is 75.5 cm³/mol. The van der Waals surface area contributed by atoms with Gasteiger partial charge in [-0.25, -0.2) is 0 Å². The maximum atomic E-state index is 9.22. The predicted octanol–water partition coefficient (Wildman–Crippen LogP) is 2.02. The zero-order valence-electron chi connectivity index (χ0n) is 12.6. The molecule has 0 spiro atoms. The summed E-state index contributed by atoms with van der Waals surface area (Å²) in [7, 11) is 2.07. The number of ether oxygens (including phenoxy) is 1. The molecule has 0 fully saturated rings. The molecule has 0 aromatic rings. The van der Waals surface area contributed by atoms with Crippen molar-refractivity contribution in [2.24, 2.45) is 0 Å². The van der Waals surface area contributed by atoms with Crippen LogP contribution in [-0.4, -0.2) is 49.8 Å². The molecule has 0 aromatic carbocycles. The van der Waals surface area contributed by atoms with Gasteiger partial charge in [-0.05, 0) is 47.2 Å². The Balaban J connectivity index is 3.87. The summed E-state index contributed by atoms with van der Waals surface area (Å²) in [4.78, 5) is 2.21. The summed E-state index contributed by atoms with van der Waals surface area (Å²) in [5, 5.41) is 12.5. The summed E-state index contributed by atoms with van der Waals surface area (Å²) in [6.07, 6.45) is 2.17. The fraction of sp³-hybridized carbons (Fsp3) is 0.929. The Bertz CT molecular complexity index is 250.